The third-order valence-electron chi connectivity index (χ3n) is 5.77. The summed E-state index contributed by atoms with van der Waals surface area (Å²) in [4.78, 5) is 2.81. The Morgan fingerprint density at radius 3 is 2.22 bits per heavy atom. The highest BCUT2D eigenvalue weighted by Crippen LogP contribution is 2.39. The second kappa shape index (κ2) is 5.50. The molecule has 1 N–H and O–H groups in total. The molecule has 0 amide bonds. The summed E-state index contributed by atoms with van der Waals surface area (Å²) >= 11 is 0. The zero-order valence-electron chi connectivity index (χ0n) is 13.0. The van der Waals surface area contributed by atoms with Crippen molar-refractivity contribution in [3.8, 4) is 0 Å². The van der Waals surface area contributed by atoms with Gasteiger partial charge in [-0.3, -0.25) is 4.90 Å². The van der Waals surface area contributed by atoms with Crippen LogP contribution in [0.4, 0.5) is 0 Å². The van der Waals surface area contributed by atoms with Crippen LogP contribution in [-0.4, -0.2) is 36.6 Å². The predicted molar refractivity (Wildman–Crippen MR) is 78.8 cm³/mol. The molecule has 0 spiro atoms. The van der Waals surface area contributed by atoms with Crippen LogP contribution in [0.3, 0.4) is 0 Å². The molecule has 0 aromatic carbocycles. The molecule has 0 bridgehead atoms. The topological polar surface area (TPSA) is 15.3 Å². The van der Waals surface area contributed by atoms with Gasteiger partial charge in [-0.1, -0.05) is 20.8 Å². The standard InChI is InChI=1S/C16H32N2/c1-12-13(2)18(11-8-15(12)17-5)14-6-9-16(3,4)10-7-14/h12-15,17H,6-11H2,1-5H3. The smallest absolute Gasteiger partial charge is 0.0117 e. The molecule has 1 saturated carbocycles. The Balaban J connectivity index is 1.94. The van der Waals surface area contributed by atoms with Gasteiger partial charge in [0, 0.05) is 24.7 Å². The van der Waals surface area contributed by atoms with Crippen molar-refractivity contribution in [3.63, 3.8) is 0 Å². The number of nitrogens with zero attached hydrogens (tertiary/aromatic N) is 1. The zero-order valence-corrected chi connectivity index (χ0v) is 13.0. The third kappa shape index (κ3) is 2.91. The van der Waals surface area contributed by atoms with Crippen LogP contribution in [0.25, 0.3) is 0 Å². The molecule has 2 nitrogen and oxygen atoms in total. The average molecular weight is 252 g/mol. The summed E-state index contributed by atoms with van der Waals surface area (Å²) in [5, 5.41) is 3.49. The number of likely N-dealkylation sites (tertiary alicyclic amines) is 1. The summed E-state index contributed by atoms with van der Waals surface area (Å²) in [5.41, 5.74) is 0.592. The summed E-state index contributed by atoms with van der Waals surface area (Å²) in [6.45, 7) is 11.0. The van der Waals surface area contributed by atoms with E-state index in [2.05, 4.69) is 45.0 Å². The molecular weight excluding hydrogens is 220 g/mol. The summed E-state index contributed by atoms with van der Waals surface area (Å²) in [6, 6.07) is 2.31. The number of rotatable bonds is 2. The van der Waals surface area contributed by atoms with E-state index in [1.807, 2.05) is 0 Å². The fourth-order valence-electron chi connectivity index (χ4n) is 4.03. The number of hydrogen-bond acceptors (Lipinski definition) is 2. The van der Waals surface area contributed by atoms with Crippen LogP contribution in [0, 0.1) is 11.3 Å². The van der Waals surface area contributed by atoms with Gasteiger partial charge < -0.3 is 5.32 Å². The largest absolute Gasteiger partial charge is 0.317 e. The summed E-state index contributed by atoms with van der Waals surface area (Å²) in [5.74, 6) is 0.777. The van der Waals surface area contributed by atoms with Gasteiger partial charge in [0.05, 0.1) is 0 Å². The zero-order chi connectivity index (χ0) is 13.3. The van der Waals surface area contributed by atoms with Crippen LogP contribution in [0.2, 0.25) is 0 Å². The third-order valence-corrected chi connectivity index (χ3v) is 5.77. The maximum absolute atomic E-state index is 3.49. The molecule has 106 valence electrons. The minimum absolute atomic E-state index is 0.592. The van der Waals surface area contributed by atoms with E-state index in [4.69, 9.17) is 0 Å². The van der Waals surface area contributed by atoms with E-state index in [0.29, 0.717) is 5.41 Å². The second-order valence-corrected chi connectivity index (χ2v) is 7.42. The van der Waals surface area contributed by atoms with Crippen LogP contribution >= 0.6 is 0 Å². The maximum Gasteiger partial charge on any atom is 0.0117 e. The van der Waals surface area contributed by atoms with Gasteiger partial charge >= 0.3 is 0 Å². The molecule has 2 heteroatoms. The Morgan fingerprint density at radius 1 is 1.06 bits per heavy atom. The molecule has 2 aliphatic rings. The van der Waals surface area contributed by atoms with Gasteiger partial charge in [0.25, 0.3) is 0 Å². The lowest BCUT2D eigenvalue weighted by atomic mass is 9.74. The van der Waals surface area contributed by atoms with Gasteiger partial charge in [0.1, 0.15) is 0 Å². The van der Waals surface area contributed by atoms with E-state index in [-0.39, 0.29) is 0 Å². The summed E-state index contributed by atoms with van der Waals surface area (Å²) in [7, 11) is 2.12. The molecule has 2 rings (SSSR count). The maximum atomic E-state index is 3.49. The van der Waals surface area contributed by atoms with E-state index in [0.717, 1.165) is 24.0 Å². The Bertz CT molecular complexity index is 264. The van der Waals surface area contributed by atoms with E-state index < -0.39 is 0 Å². The van der Waals surface area contributed by atoms with Gasteiger partial charge in [0.15, 0.2) is 0 Å². The van der Waals surface area contributed by atoms with Crippen LogP contribution in [0.5, 0.6) is 0 Å². The first-order chi connectivity index (χ1) is 8.44. The minimum Gasteiger partial charge on any atom is -0.317 e. The normalized spacial score (nSPS) is 38.8. The van der Waals surface area contributed by atoms with E-state index in [1.165, 1.54) is 38.6 Å². The molecule has 0 aromatic heterocycles. The van der Waals surface area contributed by atoms with Crippen molar-refractivity contribution in [2.75, 3.05) is 13.6 Å². The number of nitrogens with one attached hydrogen (secondary N) is 1. The molecule has 1 saturated heterocycles. The molecule has 3 unspecified atom stereocenters. The van der Waals surface area contributed by atoms with E-state index >= 15 is 0 Å². The van der Waals surface area contributed by atoms with E-state index in [1.54, 1.807) is 0 Å². The highest BCUT2D eigenvalue weighted by Gasteiger charge is 2.37. The van der Waals surface area contributed by atoms with Crippen molar-refractivity contribution in [1.29, 1.82) is 0 Å². The highest BCUT2D eigenvalue weighted by atomic mass is 15.2. The summed E-state index contributed by atoms with van der Waals surface area (Å²) in [6.07, 6.45) is 6.96. The first-order valence-corrected chi connectivity index (χ1v) is 7.87. The van der Waals surface area contributed by atoms with Gasteiger partial charge in [-0.05, 0) is 57.4 Å². The van der Waals surface area contributed by atoms with Gasteiger partial charge in [-0.2, -0.15) is 0 Å². The van der Waals surface area contributed by atoms with Crippen molar-refractivity contribution in [1.82, 2.24) is 10.2 Å². The Kier molecular flexibility index (Phi) is 4.38. The fourth-order valence-corrected chi connectivity index (χ4v) is 4.03. The van der Waals surface area contributed by atoms with Crippen LogP contribution in [0.1, 0.15) is 59.8 Å². The van der Waals surface area contributed by atoms with Crippen molar-refractivity contribution < 1.29 is 0 Å². The monoisotopic (exact) mass is 252 g/mol. The molecule has 1 aliphatic carbocycles. The molecule has 0 radical (unpaired) electrons. The first-order valence-electron chi connectivity index (χ1n) is 7.87. The van der Waals surface area contributed by atoms with Gasteiger partial charge in [-0.25, -0.2) is 0 Å². The molecule has 1 aliphatic heterocycles. The Hall–Kier alpha value is -0.0800. The number of piperidine rings is 1. The van der Waals surface area contributed by atoms with Crippen molar-refractivity contribution >= 4 is 0 Å². The highest BCUT2D eigenvalue weighted by molar-refractivity contribution is 4.93. The number of hydrogen-bond donors (Lipinski definition) is 1. The minimum atomic E-state index is 0.592. The fraction of sp³-hybridized carbons (Fsp3) is 1.00. The van der Waals surface area contributed by atoms with Crippen LogP contribution < -0.4 is 5.32 Å². The van der Waals surface area contributed by atoms with Gasteiger partial charge in [0.2, 0.25) is 0 Å². The predicted octanol–water partition coefficient (Wildman–Crippen LogP) is 3.27. The summed E-state index contributed by atoms with van der Waals surface area (Å²) < 4.78 is 0. The Morgan fingerprint density at radius 2 is 1.67 bits per heavy atom. The first kappa shape index (κ1) is 14.3. The van der Waals surface area contributed by atoms with Crippen molar-refractivity contribution in [3.05, 3.63) is 0 Å². The van der Waals surface area contributed by atoms with Crippen LogP contribution in [-0.2, 0) is 0 Å². The Labute approximate surface area is 114 Å². The average Bonchev–Trinajstić information content (AvgIpc) is 2.33. The lowest BCUT2D eigenvalue weighted by Crippen LogP contribution is -2.56. The molecule has 3 atom stereocenters. The molecular formula is C16H32N2. The lowest BCUT2D eigenvalue weighted by molar-refractivity contribution is 0.0178. The van der Waals surface area contributed by atoms with E-state index in [9.17, 15) is 0 Å². The van der Waals surface area contributed by atoms with Gasteiger partial charge in [-0.15, -0.1) is 0 Å². The molecule has 0 aromatic rings. The molecule has 1 heterocycles. The molecule has 2 fully saturated rings. The quantitative estimate of drug-likeness (QED) is 0.811. The molecule has 18 heavy (non-hydrogen) atoms. The SMILES string of the molecule is CNC1CCN(C2CCC(C)(C)CC2)C(C)C1C. The van der Waals surface area contributed by atoms with Crippen LogP contribution in [0.15, 0.2) is 0 Å². The lowest BCUT2D eigenvalue weighted by Gasteiger charge is -2.49. The second-order valence-electron chi connectivity index (χ2n) is 7.42. The van der Waals surface area contributed by atoms with Crippen molar-refractivity contribution in [2.45, 2.75) is 77.9 Å². The van der Waals surface area contributed by atoms with Crippen molar-refractivity contribution in [2.24, 2.45) is 11.3 Å².